The number of carbonyl (C=O) groups is 1. The van der Waals surface area contributed by atoms with Crippen LogP contribution in [0.3, 0.4) is 0 Å². The Balaban J connectivity index is 1.59. The minimum absolute atomic E-state index is 0.00152. The lowest BCUT2D eigenvalue weighted by Crippen LogP contribution is -2.41. The first-order chi connectivity index (χ1) is 12.9. The van der Waals surface area contributed by atoms with Crippen LogP contribution in [0.25, 0.3) is 0 Å². The van der Waals surface area contributed by atoms with Crippen LogP contribution in [0.4, 0.5) is 0 Å². The maximum atomic E-state index is 12.7. The lowest BCUT2D eigenvalue weighted by Gasteiger charge is -2.32. The predicted octanol–water partition coefficient (Wildman–Crippen LogP) is 1.41. The van der Waals surface area contributed by atoms with Crippen LogP contribution in [0.2, 0.25) is 0 Å². The van der Waals surface area contributed by atoms with Crippen LogP contribution in [0.5, 0.6) is 5.88 Å². The Kier molecular flexibility index (Phi) is 5.71. The van der Waals surface area contributed by atoms with Crippen molar-refractivity contribution in [2.45, 2.75) is 23.8 Å². The van der Waals surface area contributed by atoms with Gasteiger partial charge in [0.05, 0.1) is 11.1 Å². The SMILES string of the molecule is CN(C)S(=O)(=O)c1ccc(C(=O)N2CCC(Oc3cnccn3)CC2)cc1. The number of likely N-dealkylation sites (tertiary alicyclic amines) is 1. The Morgan fingerprint density at radius 3 is 2.37 bits per heavy atom. The zero-order chi connectivity index (χ0) is 19.4. The fraction of sp³-hybridized carbons (Fsp3) is 0.389. The normalized spacial score (nSPS) is 15.7. The summed E-state index contributed by atoms with van der Waals surface area (Å²) in [4.78, 5) is 22.7. The van der Waals surface area contributed by atoms with Gasteiger partial charge in [-0.15, -0.1) is 0 Å². The lowest BCUT2D eigenvalue weighted by atomic mass is 10.1. The maximum absolute atomic E-state index is 12.7. The molecule has 3 rings (SSSR count). The van der Waals surface area contributed by atoms with E-state index in [4.69, 9.17) is 4.74 Å². The van der Waals surface area contributed by atoms with Crippen molar-refractivity contribution in [3.8, 4) is 5.88 Å². The van der Waals surface area contributed by atoms with E-state index in [1.54, 1.807) is 35.6 Å². The molecule has 0 unspecified atom stereocenters. The molecule has 1 aliphatic rings. The Bertz CT molecular complexity index is 877. The number of nitrogens with zero attached hydrogens (tertiary/aromatic N) is 4. The fourth-order valence-electron chi connectivity index (χ4n) is 2.86. The molecule has 0 atom stereocenters. The first-order valence-corrected chi connectivity index (χ1v) is 10.1. The average molecular weight is 390 g/mol. The highest BCUT2D eigenvalue weighted by Crippen LogP contribution is 2.19. The van der Waals surface area contributed by atoms with Gasteiger partial charge in [0.1, 0.15) is 6.10 Å². The molecule has 1 amide bonds. The van der Waals surface area contributed by atoms with Gasteiger partial charge in [0.25, 0.3) is 5.91 Å². The summed E-state index contributed by atoms with van der Waals surface area (Å²) in [6.45, 7) is 1.14. The highest BCUT2D eigenvalue weighted by molar-refractivity contribution is 7.89. The summed E-state index contributed by atoms with van der Waals surface area (Å²) in [5.41, 5.74) is 0.473. The molecular formula is C18H22N4O4S. The van der Waals surface area contributed by atoms with Gasteiger partial charge in [-0.1, -0.05) is 0 Å². The van der Waals surface area contributed by atoms with E-state index in [9.17, 15) is 13.2 Å². The van der Waals surface area contributed by atoms with E-state index in [0.29, 0.717) is 37.4 Å². The molecule has 8 nitrogen and oxygen atoms in total. The fourth-order valence-corrected chi connectivity index (χ4v) is 3.76. The molecule has 0 N–H and O–H groups in total. The van der Waals surface area contributed by atoms with Crippen molar-refractivity contribution in [2.75, 3.05) is 27.2 Å². The standard InChI is InChI=1S/C18H22N4O4S/c1-21(2)27(24,25)16-5-3-14(4-6-16)18(23)22-11-7-15(8-12-22)26-17-13-19-9-10-20-17/h3-6,9-10,13,15H,7-8,11-12H2,1-2H3. The summed E-state index contributed by atoms with van der Waals surface area (Å²) >= 11 is 0. The van der Waals surface area contributed by atoms with E-state index in [-0.39, 0.29) is 16.9 Å². The van der Waals surface area contributed by atoms with Crippen LogP contribution < -0.4 is 4.74 Å². The smallest absolute Gasteiger partial charge is 0.253 e. The third-order valence-electron chi connectivity index (χ3n) is 4.44. The van der Waals surface area contributed by atoms with E-state index in [1.807, 2.05) is 0 Å². The Labute approximate surface area is 158 Å². The van der Waals surface area contributed by atoms with Gasteiger partial charge in [0, 0.05) is 58.0 Å². The molecule has 1 aromatic heterocycles. The molecule has 1 fully saturated rings. The summed E-state index contributed by atoms with van der Waals surface area (Å²) in [5, 5.41) is 0. The Morgan fingerprint density at radius 2 is 1.81 bits per heavy atom. The van der Waals surface area contributed by atoms with Crippen molar-refractivity contribution < 1.29 is 17.9 Å². The topological polar surface area (TPSA) is 92.7 Å². The molecule has 1 aliphatic heterocycles. The van der Waals surface area contributed by atoms with Crippen molar-refractivity contribution in [1.82, 2.24) is 19.2 Å². The largest absolute Gasteiger partial charge is 0.473 e. The van der Waals surface area contributed by atoms with Gasteiger partial charge in [-0.3, -0.25) is 9.78 Å². The number of carbonyl (C=O) groups excluding carboxylic acids is 1. The highest BCUT2D eigenvalue weighted by atomic mass is 32.2. The molecule has 0 spiro atoms. The average Bonchev–Trinajstić information content (AvgIpc) is 2.69. The molecule has 2 aromatic rings. The molecule has 1 saturated heterocycles. The number of hydrogen-bond donors (Lipinski definition) is 0. The van der Waals surface area contributed by atoms with E-state index < -0.39 is 10.0 Å². The van der Waals surface area contributed by atoms with Crippen molar-refractivity contribution in [1.29, 1.82) is 0 Å². The molecule has 0 radical (unpaired) electrons. The number of aromatic nitrogens is 2. The molecule has 2 heterocycles. The third-order valence-corrected chi connectivity index (χ3v) is 6.27. The van der Waals surface area contributed by atoms with Crippen LogP contribution in [0, 0.1) is 0 Å². The second-order valence-corrected chi connectivity index (χ2v) is 8.62. The van der Waals surface area contributed by atoms with Gasteiger partial charge in [0.15, 0.2) is 0 Å². The molecule has 27 heavy (non-hydrogen) atoms. The van der Waals surface area contributed by atoms with Gasteiger partial charge in [-0.05, 0) is 24.3 Å². The highest BCUT2D eigenvalue weighted by Gasteiger charge is 2.25. The van der Waals surface area contributed by atoms with Crippen LogP contribution in [0.1, 0.15) is 23.2 Å². The summed E-state index contributed by atoms with van der Waals surface area (Å²) in [6.07, 6.45) is 6.14. The van der Waals surface area contributed by atoms with Gasteiger partial charge >= 0.3 is 0 Å². The Hall–Kier alpha value is -2.52. The number of amides is 1. The van der Waals surface area contributed by atoms with Crippen LogP contribution in [0.15, 0.2) is 47.8 Å². The van der Waals surface area contributed by atoms with Crippen LogP contribution >= 0.6 is 0 Å². The van der Waals surface area contributed by atoms with Crippen molar-refractivity contribution in [3.63, 3.8) is 0 Å². The maximum Gasteiger partial charge on any atom is 0.253 e. The Morgan fingerprint density at radius 1 is 1.15 bits per heavy atom. The number of ether oxygens (including phenoxy) is 1. The lowest BCUT2D eigenvalue weighted by molar-refractivity contribution is 0.0587. The molecule has 0 bridgehead atoms. The van der Waals surface area contributed by atoms with E-state index in [2.05, 4.69) is 9.97 Å². The predicted molar refractivity (Wildman–Crippen MR) is 98.9 cm³/mol. The zero-order valence-corrected chi connectivity index (χ0v) is 16.1. The van der Waals surface area contributed by atoms with Crippen LogP contribution in [-0.2, 0) is 10.0 Å². The molecule has 0 saturated carbocycles. The summed E-state index contributed by atoms with van der Waals surface area (Å²) < 4.78 is 31.1. The summed E-state index contributed by atoms with van der Waals surface area (Å²) in [7, 11) is -0.553. The minimum atomic E-state index is -3.50. The second-order valence-electron chi connectivity index (χ2n) is 6.46. The molecule has 0 aliphatic carbocycles. The summed E-state index contributed by atoms with van der Waals surface area (Å²) in [5.74, 6) is 0.377. The summed E-state index contributed by atoms with van der Waals surface area (Å²) in [6, 6.07) is 6.04. The number of hydrogen-bond acceptors (Lipinski definition) is 6. The van der Waals surface area contributed by atoms with Gasteiger partial charge in [-0.25, -0.2) is 17.7 Å². The van der Waals surface area contributed by atoms with E-state index in [1.165, 1.54) is 26.2 Å². The molecule has 144 valence electrons. The number of rotatable bonds is 5. The quantitative estimate of drug-likeness (QED) is 0.766. The van der Waals surface area contributed by atoms with Gasteiger partial charge in [-0.2, -0.15) is 0 Å². The first kappa shape index (κ1) is 19.2. The van der Waals surface area contributed by atoms with Gasteiger partial charge in [0.2, 0.25) is 15.9 Å². The molecule has 1 aromatic carbocycles. The number of piperidine rings is 1. The molecular weight excluding hydrogens is 368 g/mol. The van der Waals surface area contributed by atoms with E-state index >= 15 is 0 Å². The van der Waals surface area contributed by atoms with E-state index in [0.717, 1.165) is 4.31 Å². The monoisotopic (exact) mass is 390 g/mol. The van der Waals surface area contributed by atoms with Crippen molar-refractivity contribution in [2.24, 2.45) is 0 Å². The van der Waals surface area contributed by atoms with Crippen molar-refractivity contribution in [3.05, 3.63) is 48.4 Å². The van der Waals surface area contributed by atoms with Crippen molar-refractivity contribution >= 4 is 15.9 Å². The van der Waals surface area contributed by atoms with Gasteiger partial charge < -0.3 is 9.64 Å². The second kappa shape index (κ2) is 8.01. The molecule has 9 heteroatoms. The first-order valence-electron chi connectivity index (χ1n) is 8.62. The minimum Gasteiger partial charge on any atom is -0.473 e. The van der Waals surface area contributed by atoms with Crippen LogP contribution in [-0.4, -0.2) is 66.8 Å². The zero-order valence-electron chi connectivity index (χ0n) is 15.3. The third kappa shape index (κ3) is 4.42. The number of sulfonamides is 1. The number of benzene rings is 1.